The molecule has 0 radical (unpaired) electrons. The molecule has 2 unspecified atom stereocenters. The van der Waals surface area contributed by atoms with Crippen molar-refractivity contribution in [2.45, 2.75) is 19.4 Å². The third kappa shape index (κ3) is 2.46. The molecule has 1 aromatic heterocycles. The first-order valence-electron chi connectivity index (χ1n) is 7.66. The highest BCUT2D eigenvalue weighted by Crippen LogP contribution is 2.30. The molecule has 5 heteroatoms. The normalized spacial score (nSPS) is 26.4. The first kappa shape index (κ1) is 13.6. The Morgan fingerprint density at radius 2 is 2.05 bits per heavy atom. The molecule has 3 atom stereocenters. The van der Waals surface area contributed by atoms with Crippen LogP contribution in [0.2, 0.25) is 0 Å². The second-order valence-electron chi connectivity index (χ2n) is 6.20. The summed E-state index contributed by atoms with van der Waals surface area (Å²) in [5.41, 5.74) is 2.08. The van der Waals surface area contributed by atoms with Gasteiger partial charge in [-0.05, 0) is 31.5 Å². The van der Waals surface area contributed by atoms with Crippen LogP contribution in [0.5, 0.6) is 6.01 Å². The Kier molecular flexibility index (Phi) is 3.30. The Hall–Kier alpha value is -2.01. The molecule has 1 aromatic carbocycles. The smallest absolute Gasteiger partial charge is 0.316 e. The molecule has 0 saturated carbocycles. The number of hydrogen-bond acceptors (Lipinski definition) is 4. The zero-order chi connectivity index (χ0) is 15.1. The van der Waals surface area contributed by atoms with Crippen molar-refractivity contribution in [1.29, 1.82) is 0 Å². The van der Waals surface area contributed by atoms with Gasteiger partial charge in [-0.25, -0.2) is 14.4 Å². The van der Waals surface area contributed by atoms with Crippen LogP contribution in [0.4, 0.5) is 4.39 Å². The minimum atomic E-state index is -0.252. The van der Waals surface area contributed by atoms with E-state index < -0.39 is 0 Å². The number of nitrogens with zero attached hydrogens (tertiary/aromatic N) is 3. The second kappa shape index (κ2) is 5.32. The number of rotatable bonds is 3. The average molecular weight is 299 g/mol. The van der Waals surface area contributed by atoms with Crippen molar-refractivity contribution in [2.24, 2.45) is 5.92 Å². The van der Waals surface area contributed by atoms with E-state index in [2.05, 4.69) is 14.9 Å². The lowest BCUT2D eigenvalue weighted by atomic mass is 10.0. The summed E-state index contributed by atoms with van der Waals surface area (Å²) in [5, 5.41) is 0. The Morgan fingerprint density at radius 1 is 1.23 bits per heavy atom. The van der Waals surface area contributed by atoms with E-state index in [-0.39, 0.29) is 11.9 Å². The monoisotopic (exact) mass is 299 g/mol. The van der Waals surface area contributed by atoms with Gasteiger partial charge in [0.2, 0.25) is 0 Å². The van der Waals surface area contributed by atoms with Crippen LogP contribution in [0.25, 0.3) is 11.1 Å². The average Bonchev–Trinajstić information content (AvgIpc) is 3.11. The maximum atomic E-state index is 14.0. The number of ether oxygens (including phenoxy) is 1. The molecule has 0 aliphatic carbocycles. The quantitative estimate of drug-likeness (QED) is 0.873. The number of piperidine rings is 1. The van der Waals surface area contributed by atoms with Crippen LogP contribution in [0, 0.1) is 18.7 Å². The lowest BCUT2D eigenvalue weighted by Gasteiger charge is -2.22. The number of fused-ring (bicyclic) bond motifs is 2. The van der Waals surface area contributed by atoms with Gasteiger partial charge >= 0.3 is 6.01 Å². The van der Waals surface area contributed by atoms with Crippen LogP contribution < -0.4 is 4.74 Å². The first-order valence-corrected chi connectivity index (χ1v) is 7.66. The molecule has 0 spiro atoms. The van der Waals surface area contributed by atoms with Gasteiger partial charge < -0.3 is 4.74 Å². The van der Waals surface area contributed by atoms with Crippen LogP contribution in [-0.2, 0) is 0 Å². The summed E-state index contributed by atoms with van der Waals surface area (Å²) in [7, 11) is 0. The summed E-state index contributed by atoms with van der Waals surface area (Å²) in [6.45, 7) is 5.13. The molecule has 4 rings (SSSR count). The number of halogens is 1. The molecule has 22 heavy (non-hydrogen) atoms. The lowest BCUT2D eigenvalue weighted by molar-refractivity contribution is 0.129. The Morgan fingerprint density at radius 3 is 2.68 bits per heavy atom. The Balaban J connectivity index is 1.51. The summed E-state index contributed by atoms with van der Waals surface area (Å²) in [4.78, 5) is 10.9. The fraction of sp³-hybridized carbons (Fsp3) is 0.412. The molecule has 4 nitrogen and oxygen atoms in total. The zero-order valence-electron chi connectivity index (χ0n) is 12.5. The van der Waals surface area contributed by atoms with Gasteiger partial charge in [-0.2, -0.15) is 0 Å². The van der Waals surface area contributed by atoms with E-state index in [1.807, 2.05) is 13.0 Å². The first-order chi connectivity index (χ1) is 10.7. The standard InChI is InChI=1S/C17H18FN3O/c1-11-2-3-14(15(18)6-11)13-7-19-17(20-8-13)22-16-10-21-5-4-12(16)9-21/h2-3,6-8,12,16H,4-5,9-10H2,1H3/t12?,16-/m0/s1. The maximum Gasteiger partial charge on any atom is 0.316 e. The van der Waals surface area contributed by atoms with Crippen molar-refractivity contribution in [3.8, 4) is 17.1 Å². The van der Waals surface area contributed by atoms with Gasteiger partial charge in [-0.1, -0.05) is 12.1 Å². The summed E-state index contributed by atoms with van der Waals surface area (Å²) >= 11 is 0. The van der Waals surface area contributed by atoms with Crippen LogP contribution in [0.3, 0.4) is 0 Å². The molecule has 2 saturated heterocycles. The number of aromatic nitrogens is 2. The van der Waals surface area contributed by atoms with E-state index in [4.69, 9.17) is 4.74 Å². The second-order valence-corrected chi connectivity index (χ2v) is 6.20. The lowest BCUT2D eigenvalue weighted by Crippen LogP contribution is -2.32. The molecule has 3 heterocycles. The van der Waals surface area contributed by atoms with Crippen molar-refractivity contribution in [3.05, 3.63) is 42.0 Å². The van der Waals surface area contributed by atoms with Crippen LogP contribution in [-0.4, -0.2) is 40.6 Å². The Labute approximate surface area is 129 Å². The van der Waals surface area contributed by atoms with Gasteiger partial charge in [0.15, 0.2) is 0 Å². The van der Waals surface area contributed by atoms with E-state index in [0.717, 1.165) is 18.7 Å². The van der Waals surface area contributed by atoms with E-state index in [0.29, 0.717) is 23.1 Å². The van der Waals surface area contributed by atoms with E-state index in [1.165, 1.54) is 19.0 Å². The van der Waals surface area contributed by atoms with Gasteiger partial charge in [-0.15, -0.1) is 0 Å². The van der Waals surface area contributed by atoms with Gasteiger partial charge in [0, 0.05) is 42.5 Å². The maximum absolute atomic E-state index is 14.0. The molecule has 2 aliphatic rings. The minimum Gasteiger partial charge on any atom is -0.458 e. The highest BCUT2D eigenvalue weighted by atomic mass is 19.1. The van der Waals surface area contributed by atoms with Crippen LogP contribution >= 0.6 is 0 Å². The summed E-state index contributed by atoms with van der Waals surface area (Å²) in [5.74, 6) is 0.344. The molecule has 2 aliphatic heterocycles. The summed E-state index contributed by atoms with van der Waals surface area (Å²) < 4.78 is 19.9. The highest BCUT2D eigenvalue weighted by Gasteiger charge is 2.39. The minimum absolute atomic E-state index is 0.190. The van der Waals surface area contributed by atoms with Crippen molar-refractivity contribution in [3.63, 3.8) is 0 Å². The fourth-order valence-electron chi connectivity index (χ4n) is 3.37. The van der Waals surface area contributed by atoms with Crippen LogP contribution in [0.15, 0.2) is 30.6 Å². The molecule has 2 fully saturated rings. The third-order valence-electron chi connectivity index (χ3n) is 4.59. The highest BCUT2D eigenvalue weighted by molar-refractivity contribution is 5.62. The van der Waals surface area contributed by atoms with Crippen LogP contribution in [0.1, 0.15) is 12.0 Å². The SMILES string of the molecule is Cc1ccc(-c2cnc(O[C@H]3CN4CCC3C4)nc2)c(F)c1. The van der Waals surface area contributed by atoms with Crippen molar-refractivity contribution in [2.75, 3.05) is 19.6 Å². The van der Waals surface area contributed by atoms with E-state index in [9.17, 15) is 4.39 Å². The van der Waals surface area contributed by atoms with Gasteiger partial charge in [0.1, 0.15) is 11.9 Å². The van der Waals surface area contributed by atoms with E-state index >= 15 is 0 Å². The fourth-order valence-corrected chi connectivity index (χ4v) is 3.37. The molecule has 2 aromatic rings. The van der Waals surface area contributed by atoms with Crippen molar-refractivity contribution < 1.29 is 9.13 Å². The third-order valence-corrected chi connectivity index (χ3v) is 4.59. The molecule has 114 valence electrons. The van der Waals surface area contributed by atoms with E-state index in [1.54, 1.807) is 18.5 Å². The van der Waals surface area contributed by atoms with Crippen molar-refractivity contribution in [1.82, 2.24) is 14.9 Å². The largest absolute Gasteiger partial charge is 0.458 e. The Bertz CT molecular complexity index is 689. The summed E-state index contributed by atoms with van der Waals surface area (Å²) in [6.07, 6.45) is 4.64. The van der Waals surface area contributed by atoms with Gasteiger partial charge in [-0.3, -0.25) is 4.90 Å². The topological polar surface area (TPSA) is 38.2 Å². The van der Waals surface area contributed by atoms with Crippen molar-refractivity contribution >= 4 is 0 Å². The molecular weight excluding hydrogens is 281 g/mol. The predicted molar refractivity (Wildman–Crippen MR) is 81.1 cm³/mol. The molecule has 0 N–H and O–H groups in total. The van der Waals surface area contributed by atoms with Gasteiger partial charge in [0.05, 0.1) is 0 Å². The predicted octanol–water partition coefficient (Wildman–Crippen LogP) is 2.67. The number of benzene rings is 1. The molecule has 2 bridgehead atoms. The molecule has 0 amide bonds. The molecular formula is C17H18FN3O. The van der Waals surface area contributed by atoms with Gasteiger partial charge in [0.25, 0.3) is 0 Å². The zero-order valence-corrected chi connectivity index (χ0v) is 12.5. The summed E-state index contributed by atoms with van der Waals surface area (Å²) in [6, 6.07) is 5.54. The number of hydrogen-bond donors (Lipinski definition) is 0. The number of aryl methyl sites for hydroxylation is 1.